The Bertz CT molecular complexity index is 2140. The molecule has 0 unspecified atom stereocenters. The predicted octanol–water partition coefficient (Wildman–Crippen LogP) is 5.03. The number of anilines is 2. The summed E-state index contributed by atoms with van der Waals surface area (Å²) in [7, 11) is 0. The van der Waals surface area contributed by atoms with Crippen LogP contribution in [0.15, 0.2) is 85.3 Å². The highest BCUT2D eigenvalue weighted by Gasteiger charge is 2.43. The van der Waals surface area contributed by atoms with Gasteiger partial charge in [0.05, 0.1) is 23.1 Å². The maximum Gasteiger partial charge on any atom is 0.234 e. The van der Waals surface area contributed by atoms with Gasteiger partial charge in [-0.25, -0.2) is 29.3 Å². The summed E-state index contributed by atoms with van der Waals surface area (Å²) in [5.41, 5.74) is 11.8. The topological polar surface area (TPSA) is 139 Å². The van der Waals surface area contributed by atoms with Crippen molar-refractivity contribution >= 4 is 22.8 Å². The molecule has 0 aliphatic carbocycles. The van der Waals surface area contributed by atoms with Crippen molar-refractivity contribution in [2.45, 2.75) is 19.4 Å². The minimum Gasteiger partial charge on any atom is -0.383 e. The van der Waals surface area contributed by atoms with Gasteiger partial charge in [0.1, 0.15) is 29.0 Å². The maximum absolute atomic E-state index is 13.6. The molecule has 2 fully saturated rings. The highest BCUT2D eigenvalue weighted by Crippen LogP contribution is 2.41. The molecule has 47 heavy (non-hydrogen) atoms. The minimum atomic E-state index is -0.402. The van der Waals surface area contributed by atoms with Gasteiger partial charge in [0, 0.05) is 49.7 Å². The van der Waals surface area contributed by atoms with E-state index in [4.69, 9.17) is 15.7 Å². The van der Waals surface area contributed by atoms with E-state index in [9.17, 15) is 9.65 Å². The van der Waals surface area contributed by atoms with E-state index in [2.05, 4.69) is 54.0 Å². The van der Waals surface area contributed by atoms with Crippen LogP contribution in [0.25, 0.3) is 39.6 Å². The van der Waals surface area contributed by atoms with E-state index < -0.39 is 5.82 Å². The van der Waals surface area contributed by atoms with Crippen molar-refractivity contribution in [2.75, 3.05) is 36.8 Å². The van der Waals surface area contributed by atoms with Crippen LogP contribution >= 0.6 is 0 Å². The van der Waals surface area contributed by atoms with E-state index in [0.29, 0.717) is 39.8 Å². The second kappa shape index (κ2) is 11.5. The summed E-state index contributed by atoms with van der Waals surface area (Å²) >= 11 is 0. The predicted molar refractivity (Wildman–Crippen MR) is 176 cm³/mol. The molecule has 2 aliphatic heterocycles. The fourth-order valence-electron chi connectivity index (χ4n) is 6.87. The Morgan fingerprint density at radius 1 is 0.851 bits per heavy atom. The highest BCUT2D eigenvalue weighted by molar-refractivity contribution is 5.84. The van der Waals surface area contributed by atoms with E-state index in [1.165, 1.54) is 17.8 Å². The lowest BCUT2D eigenvalue weighted by Crippen LogP contribution is -2.31. The summed E-state index contributed by atoms with van der Waals surface area (Å²) in [4.78, 5) is 31.6. The molecule has 5 aromatic heterocycles. The number of likely N-dealkylation sites (tertiary alicyclic amines) is 1. The van der Waals surface area contributed by atoms with Gasteiger partial charge in [-0.3, -0.25) is 14.5 Å². The zero-order chi connectivity index (χ0) is 32.0. The van der Waals surface area contributed by atoms with Crippen LogP contribution < -0.4 is 10.6 Å². The van der Waals surface area contributed by atoms with Crippen LogP contribution in [0.2, 0.25) is 0 Å². The van der Waals surface area contributed by atoms with Crippen LogP contribution in [0.3, 0.4) is 0 Å². The number of pyridine rings is 3. The number of aromatic nitrogens is 7. The number of benzene rings is 1. The molecule has 6 aromatic rings. The van der Waals surface area contributed by atoms with Crippen molar-refractivity contribution in [1.82, 2.24) is 39.4 Å². The summed E-state index contributed by atoms with van der Waals surface area (Å²) in [6, 6.07) is 22.9. The van der Waals surface area contributed by atoms with Gasteiger partial charge in [0.15, 0.2) is 11.5 Å². The van der Waals surface area contributed by atoms with E-state index in [1.807, 2.05) is 41.0 Å². The van der Waals surface area contributed by atoms with E-state index in [-0.39, 0.29) is 11.2 Å². The number of hydrogen-bond acceptors (Lipinski definition) is 10. The molecule has 1 spiro atoms. The molecule has 1 aromatic carbocycles. The van der Waals surface area contributed by atoms with Crippen LogP contribution in [0, 0.1) is 22.6 Å². The number of nitrogen functional groups attached to an aromatic ring is 1. The minimum absolute atomic E-state index is 0.209. The molecular formula is C35H30FN11. The lowest BCUT2D eigenvalue weighted by Gasteiger charge is -2.25. The second-order valence-corrected chi connectivity index (χ2v) is 12.3. The van der Waals surface area contributed by atoms with Crippen molar-refractivity contribution in [3.63, 3.8) is 0 Å². The molecule has 11 nitrogen and oxygen atoms in total. The fourth-order valence-corrected chi connectivity index (χ4v) is 6.87. The van der Waals surface area contributed by atoms with E-state index in [1.54, 1.807) is 18.5 Å². The quantitative estimate of drug-likeness (QED) is 0.269. The number of nitriles is 1. The number of hydrogen-bond donors (Lipinski definition) is 1. The van der Waals surface area contributed by atoms with Crippen LogP contribution in [-0.2, 0) is 6.54 Å². The van der Waals surface area contributed by atoms with Gasteiger partial charge in [-0.2, -0.15) is 5.26 Å². The first-order valence-corrected chi connectivity index (χ1v) is 15.5. The number of fused-ring (bicyclic) bond motifs is 1. The van der Waals surface area contributed by atoms with Gasteiger partial charge < -0.3 is 10.6 Å². The summed E-state index contributed by atoms with van der Waals surface area (Å²) < 4.78 is 15.6. The smallest absolute Gasteiger partial charge is 0.234 e. The average Bonchev–Trinajstić information content (AvgIpc) is 3.82. The van der Waals surface area contributed by atoms with Crippen molar-refractivity contribution in [3.8, 4) is 34.5 Å². The lowest BCUT2D eigenvalue weighted by molar-refractivity contribution is 0.270. The number of rotatable bonds is 6. The number of imidazole rings is 1. The molecular weight excluding hydrogens is 593 g/mol. The van der Waals surface area contributed by atoms with Gasteiger partial charge in [-0.1, -0.05) is 12.1 Å². The van der Waals surface area contributed by atoms with Crippen molar-refractivity contribution in [3.05, 3.63) is 103 Å². The van der Waals surface area contributed by atoms with Crippen molar-refractivity contribution in [2.24, 2.45) is 5.41 Å². The monoisotopic (exact) mass is 623 g/mol. The number of nitrogens with zero attached hydrogens (tertiary/aromatic N) is 10. The molecule has 0 radical (unpaired) electrons. The second-order valence-electron chi connectivity index (χ2n) is 12.3. The molecule has 2 saturated heterocycles. The molecule has 0 saturated carbocycles. The number of halogens is 1. The molecule has 7 heterocycles. The Morgan fingerprint density at radius 2 is 1.70 bits per heavy atom. The summed E-state index contributed by atoms with van der Waals surface area (Å²) in [6.07, 6.45) is 6.74. The lowest BCUT2D eigenvalue weighted by atomic mass is 9.86. The van der Waals surface area contributed by atoms with Crippen molar-refractivity contribution < 1.29 is 4.39 Å². The standard InChI is InChI=1S/C35H30FN11/c36-24-5-8-27(41-19-24)28-9-10-29-34(42-28)47(33(43-29)26-2-1-14-40-32(26)38)25-6-3-23(4-7-25)20-45-16-12-35(21-45)13-17-46(22-35)31-11-15-39-30(18-37)44-31/h1-11,14-15,19H,12-13,16-17,20-22H2,(H2,38,40)/t35-/m1/s1. The largest absolute Gasteiger partial charge is 0.383 e. The maximum atomic E-state index is 13.6. The van der Waals surface area contributed by atoms with Crippen LogP contribution in [0.1, 0.15) is 24.2 Å². The molecule has 232 valence electrons. The zero-order valence-electron chi connectivity index (χ0n) is 25.5. The third-order valence-corrected chi connectivity index (χ3v) is 9.20. The Morgan fingerprint density at radius 3 is 2.51 bits per heavy atom. The molecule has 2 N–H and O–H groups in total. The first kappa shape index (κ1) is 28.7. The molecule has 8 rings (SSSR count). The highest BCUT2D eigenvalue weighted by atomic mass is 19.1. The van der Waals surface area contributed by atoms with Gasteiger partial charge in [0.25, 0.3) is 0 Å². The Hall–Kier alpha value is -5.80. The molecule has 2 aliphatic rings. The number of nitrogens with two attached hydrogens (primary N) is 1. The van der Waals surface area contributed by atoms with Crippen molar-refractivity contribution in [1.29, 1.82) is 5.26 Å². The third kappa shape index (κ3) is 5.40. The normalized spacial score (nSPS) is 17.9. The summed E-state index contributed by atoms with van der Waals surface area (Å²) in [6.45, 7) is 4.76. The van der Waals surface area contributed by atoms with Gasteiger partial charge in [-0.05, 0) is 79.5 Å². The van der Waals surface area contributed by atoms with Gasteiger partial charge in [0.2, 0.25) is 5.82 Å². The van der Waals surface area contributed by atoms with Gasteiger partial charge >= 0.3 is 0 Å². The Kier molecular flexibility index (Phi) is 7.03. The van der Waals surface area contributed by atoms with Crippen LogP contribution in [-0.4, -0.2) is 65.5 Å². The van der Waals surface area contributed by atoms with Gasteiger partial charge in [-0.15, -0.1) is 0 Å². The van der Waals surface area contributed by atoms with E-state index in [0.717, 1.165) is 57.1 Å². The Labute approximate surface area is 270 Å². The molecule has 1 atom stereocenters. The van der Waals surface area contributed by atoms with Crippen LogP contribution in [0.4, 0.5) is 16.0 Å². The first-order valence-electron chi connectivity index (χ1n) is 15.5. The summed E-state index contributed by atoms with van der Waals surface area (Å²) in [5, 5.41) is 9.21. The van der Waals surface area contributed by atoms with E-state index >= 15 is 0 Å². The SMILES string of the molecule is N#Cc1nccc(N2CC[C@@]3(CCN(Cc4ccc(-n5c(-c6cccnc6N)nc6ccc(-c7ccc(F)cn7)nc65)cc4)C3)C2)n1. The first-order chi connectivity index (χ1) is 23.0. The average molecular weight is 624 g/mol. The molecule has 12 heteroatoms. The summed E-state index contributed by atoms with van der Waals surface area (Å²) in [5.74, 6) is 1.65. The third-order valence-electron chi connectivity index (χ3n) is 9.20. The van der Waals surface area contributed by atoms with Crippen LogP contribution in [0.5, 0.6) is 0 Å². The fraction of sp³-hybridized carbons (Fsp3) is 0.229. The molecule has 0 amide bonds. The Balaban J connectivity index is 1.06. The zero-order valence-corrected chi connectivity index (χ0v) is 25.5. The molecule has 0 bridgehead atoms.